The Kier molecular flexibility index (Phi) is 5.13. The second-order valence-electron chi connectivity index (χ2n) is 8.14. The highest BCUT2D eigenvalue weighted by molar-refractivity contribution is 6.08. The number of aryl methyl sites for hydroxylation is 1. The van der Waals surface area contributed by atoms with Crippen molar-refractivity contribution in [3.05, 3.63) is 88.4 Å². The molecule has 2 heterocycles. The van der Waals surface area contributed by atoms with E-state index in [1.54, 1.807) is 38.1 Å². The first kappa shape index (κ1) is 20.8. The van der Waals surface area contributed by atoms with E-state index in [9.17, 15) is 18.4 Å². The molecule has 0 saturated heterocycles. The molecule has 0 radical (unpaired) electrons. The number of fused-ring (bicyclic) bond motifs is 1. The summed E-state index contributed by atoms with van der Waals surface area (Å²) in [5.41, 5.74) is 0.443. The fourth-order valence-electron chi connectivity index (χ4n) is 3.83. The van der Waals surface area contributed by atoms with E-state index >= 15 is 0 Å². The number of carbonyl (C=O) groups is 2. The van der Waals surface area contributed by atoms with Crippen LogP contribution in [-0.4, -0.2) is 11.8 Å². The highest BCUT2D eigenvalue weighted by atomic mass is 19.1. The van der Waals surface area contributed by atoms with Gasteiger partial charge in [-0.1, -0.05) is 12.1 Å². The molecule has 0 atom stereocenters. The van der Waals surface area contributed by atoms with Gasteiger partial charge in [0.15, 0.2) is 0 Å². The van der Waals surface area contributed by atoms with E-state index < -0.39 is 17.0 Å². The summed E-state index contributed by atoms with van der Waals surface area (Å²) >= 11 is 0. The number of nitrogens with zero attached hydrogens (tertiary/aromatic N) is 1. The maximum atomic E-state index is 14.2. The van der Waals surface area contributed by atoms with Crippen molar-refractivity contribution >= 4 is 17.5 Å². The molecular formula is C24H22F2N2O3. The Morgan fingerprint density at radius 3 is 2.45 bits per heavy atom. The van der Waals surface area contributed by atoms with Gasteiger partial charge in [0, 0.05) is 16.8 Å². The minimum atomic E-state index is -0.877. The number of halogens is 2. The van der Waals surface area contributed by atoms with Gasteiger partial charge in [-0.2, -0.15) is 0 Å². The van der Waals surface area contributed by atoms with Crippen LogP contribution < -0.4 is 10.2 Å². The number of furan rings is 1. The van der Waals surface area contributed by atoms with Crippen LogP contribution in [0.25, 0.3) is 0 Å². The maximum Gasteiger partial charge on any atom is 0.251 e. The lowest BCUT2D eigenvalue weighted by Crippen LogP contribution is -2.36. The molecule has 2 aromatic carbocycles. The SMILES string of the molecule is Cc1ccc(CNC(=O)c2ccc3c(c2)N(Cc2c(F)cccc2F)C(=O)C3(C)C)o1. The largest absolute Gasteiger partial charge is 0.465 e. The third-order valence-corrected chi connectivity index (χ3v) is 5.60. The minimum absolute atomic E-state index is 0.192. The highest BCUT2D eigenvalue weighted by Crippen LogP contribution is 2.43. The lowest BCUT2D eigenvalue weighted by Gasteiger charge is -2.21. The fraction of sp³-hybridized carbons (Fsp3) is 0.250. The first-order valence-corrected chi connectivity index (χ1v) is 9.91. The Labute approximate surface area is 178 Å². The van der Waals surface area contributed by atoms with Gasteiger partial charge in [0.1, 0.15) is 23.2 Å². The lowest BCUT2D eigenvalue weighted by molar-refractivity contribution is -0.122. The Hall–Kier alpha value is -3.48. The Morgan fingerprint density at radius 1 is 1.10 bits per heavy atom. The van der Waals surface area contributed by atoms with E-state index in [-0.39, 0.29) is 30.5 Å². The molecule has 0 fully saturated rings. The van der Waals surface area contributed by atoms with E-state index in [2.05, 4.69) is 5.32 Å². The van der Waals surface area contributed by atoms with Gasteiger partial charge in [0.2, 0.25) is 5.91 Å². The summed E-state index contributed by atoms with van der Waals surface area (Å²) in [5.74, 6) is -0.693. The molecule has 3 aromatic rings. The van der Waals surface area contributed by atoms with Gasteiger partial charge in [-0.25, -0.2) is 8.78 Å². The summed E-state index contributed by atoms with van der Waals surface area (Å²) in [4.78, 5) is 27.1. The molecule has 0 spiro atoms. The molecular weight excluding hydrogens is 402 g/mol. The summed E-state index contributed by atoms with van der Waals surface area (Å²) < 4.78 is 33.9. The third-order valence-electron chi connectivity index (χ3n) is 5.60. The van der Waals surface area contributed by atoms with Crippen molar-refractivity contribution in [2.24, 2.45) is 0 Å². The van der Waals surface area contributed by atoms with Crippen LogP contribution in [0, 0.1) is 18.6 Å². The van der Waals surface area contributed by atoms with Crippen molar-refractivity contribution in [3.63, 3.8) is 0 Å². The van der Waals surface area contributed by atoms with Crippen LogP contribution >= 0.6 is 0 Å². The molecule has 1 aliphatic heterocycles. The number of hydrogen-bond donors (Lipinski definition) is 1. The van der Waals surface area contributed by atoms with Crippen LogP contribution in [0.5, 0.6) is 0 Å². The molecule has 160 valence electrons. The normalized spacial score (nSPS) is 14.6. The highest BCUT2D eigenvalue weighted by Gasteiger charge is 2.44. The number of amides is 2. The molecule has 4 rings (SSSR count). The third kappa shape index (κ3) is 3.71. The van der Waals surface area contributed by atoms with Crippen LogP contribution in [0.1, 0.15) is 46.9 Å². The van der Waals surface area contributed by atoms with E-state index in [1.807, 2.05) is 13.0 Å². The number of benzene rings is 2. The summed E-state index contributed by atoms with van der Waals surface area (Å²) in [6, 6.07) is 12.1. The Bertz CT molecular complexity index is 1160. The molecule has 31 heavy (non-hydrogen) atoms. The zero-order chi connectivity index (χ0) is 22.3. The van der Waals surface area contributed by atoms with Crippen molar-refractivity contribution in [3.8, 4) is 0 Å². The Balaban J connectivity index is 1.64. The van der Waals surface area contributed by atoms with Crippen LogP contribution in [0.2, 0.25) is 0 Å². The van der Waals surface area contributed by atoms with Crippen LogP contribution in [0.3, 0.4) is 0 Å². The smallest absolute Gasteiger partial charge is 0.251 e. The molecule has 7 heteroatoms. The molecule has 2 amide bonds. The molecule has 0 saturated carbocycles. The predicted octanol–water partition coefficient (Wildman–Crippen LogP) is 4.62. The van der Waals surface area contributed by atoms with Crippen molar-refractivity contribution in [2.45, 2.75) is 39.3 Å². The van der Waals surface area contributed by atoms with Gasteiger partial charge >= 0.3 is 0 Å². The van der Waals surface area contributed by atoms with Crippen molar-refractivity contribution < 1.29 is 22.8 Å². The van der Waals surface area contributed by atoms with Gasteiger partial charge in [0.25, 0.3) is 5.91 Å². The van der Waals surface area contributed by atoms with E-state index in [0.29, 0.717) is 22.6 Å². The lowest BCUT2D eigenvalue weighted by atomic mass is 9.86. The van der Waals surface area contributed by atoms with Crippen LogP contribution in [-0.2, 0) is 23.3 Å². The average molecular weight is 424 g/mol. The standard InChI is InChI=1S/C24H22F2N2O3/c1-14-7-9-16(31-14)12-27-22(29)15-8-10-18-21(11-15)28(23(30)24(18,2)3)13-17-19(25)5-4-6-20(17)26/h4-11H,12-13H2,1-3H3,(H,27,29). The van der Waals surface area contributed by atoms with Gasteiger partial charge in [0.05, 0.1) is 18.5 Å². The maximum absolute atomic E-state index is 14.2. The van der Waals surface area contributed by atoms with E-state index in [0.717, 1.165) is 17.9 Å². The summed E-state index contributed by atoms with van der Waals surface area (Å²) in [7, 11) is 0. The van der Waals surface area contributed by atoms with Crippen molar-refractivity contribution in [1.29, 1.82) is 0 Å². The van der Waals surface area contributed by atoms with E-state index in [1.165, 1.54) is 11.0 Å². The first-order chi connectivity index (χ1) is 14.7. The van der Waals surface area contributed by atoms with Crippen LogP contribution in [0.15, 0.2) is 52.9 Å². The average Bonchev–Trinajstić information content (AvgIpc) is 3.23. The van der Waals surface area contributed by atoms with Gasteiger partial charge < -0.3 is 14.6 Å². The molecule has 0 aliphatic carbocycles. The van der Waals surface area contributed by atoms with Gasteiger partial charge in [-0.3, -0.25) is 9.59 Å². The molecule has 1 aromatic heterocycles. The number of carbonyl (C=O) groups excluding carboxylic acids is 2. The van der Waals surface area contributed by atoms with Gasteiger partial charge in [-0.15, -0.1) is 0 Å². The van der Waals surface area contributed by atoms with Crippen LogP contribution in [0.4, 0.5) is 14.5 Å². The minimum Gasteiger partial charge on any atom is -0.465 e. The zero-order valence-electron chi connectivity index (χ0n) is 17.5. The Morgan fingerprint density at radius 2 is 1.81 bits per heavy atom. The van der Waals surface area contributed by atoms with Crippen molar-refractivity contribution in [1.82, 2.24) is 5.32 Å². The quantitative estimate of drug-likeness (QED) is 0.650. The fourth-order valence-corrected chi connectivity index (χ4v) is 3.83. The number of nitrogens with one attached hydrogen (secondary N) is 1. The number of rotatable bonds is 5. The van der Waals surface area contributed by atoms with E-state index in [4.69, 9.17) is 4.42 Å². The number of hydrogen-bond acceptors (Lipinski definition) is 3. The molecule has 0 bridgehead atoms. The topological polar surface area (TPSA) is 62.6 Å². The van der Waals surface area contributed by atoms with Gasteiger partial charge in [-0.05, 0) is 62.7 Å². The van der Waals surface area contributed by atoms with Crippen molar-refractivity contribution in [2.75, 3.05) is 4.90 Å². The summed E-state index contributed by atoms with van der Waals surface area (Å²) in [6.45, 7) is 5.29. The predicted molar refractivity (Wildman–Crippen MR) is 112 cm³/mol. The second kappa shape index (κ2) is 7.65. The second-order valence-corrected chi connectivity index (χ2v) is 8.14. The molecule has 5 nitrogen and oxygen atoms in total. The summed E-state index contributed by atoms with van der Waals surface area (Å²) in [5, 5.41) is 2.78. The number of anilines is 1. The first-order valence-electron chi connectivity index (χ1n) is 9.91. The monoisotopic (exact) mass is 424 g/mol. The molecule has 0 unspecified atom stereocenters. The zero-order valence-corrected chi connectivity index (χ0v) is 17.5. The molecule has 1 N–H and O–H groups in total. The molecule has 1 aliphatic rings. The summed E-state index contributed by atoms with van der Waals surface area (Å²) in [6.07, 6.45) is 0.